The molecule has 14 heavy (non-hydrogen) atoms. The molecule has 0 aliphatic carbocycles. The van der Waals surface area contributed by atoms with Crippen LogP contribution in [-0.2, 0) is 6.54 Å². The predicted molar refractivity (Wildman–Crippen MR) is 48.2 cm³/mol. The van der Waals surface area contributed by atoms with Gasteiger partial charge in [0.1, 0.15) is 0 Å². The van der Waals surface area contributed by atoms with Crippen molar-refractivity contribution in [3.63, 3.8) is 0 Å². The third kappa shape index (κ3) is 1.92. The molecule has 1 fully saturated rings. The molecule has 1 aromatic rings. The monoisotopic (exact) mass is 201 g/mol. The van der Waals surface area contributed by atoms with Crippen molar-refractivity contribution < 1.29 is 8.78 Å². The summed E-state index contributed by atoms with van der Waals surface area (Å²) in [7, 11) is 0. The zero-order valence-corrected chi connectivity index (χ0v) is 7.79. The number of imidazole rings is 1. The highest BCUT2D eigenvalue weighted by molar-refractivity contribution is 5.07. The van der Waals surface area contributed by atoms with Crippen LogP contribution in [0.2, 0.25) is 0 Å². The van der Waals surface area contributed by atoms with E-state index in [2.05, 4.69) is 10.3 Å². The highest BCUT2D eigenvalue weighted by Gasteiger charge is 2.20. The van der Waals surface area contributed by atoms with E-state index in [4.69, 9.17) is 0 Å². The standard InChI is InChI=1S/C9H13F2N3/c10-9(11)5-14-6-12-4-8(14)7-2-1-3-13-7/h4,6-7,9,13H,1-3,5H2/t7-/m1/s1. The smallest absolute Gasteiger partial charge is 0.256 e. The molecule has 3 nitrogen and oxygen atoms in total. The second-order valence-electron chi connectivity index (χ2n) is 3.51. The van der Waals surface area contributed by atoms with Crippen molar-refractivity contribution in [1.29, 1.82) is 0 Å². The van der Waals surface area contributed by atoms with Gasteiger partial charge in [-0.15, -0.1) is 0 Å². The average Bonchev–Trinajstić information content (AvgIpc) is 2.70. The molecule has 1 N–H and O–H groups in total. The SMILES string of the molecule is FC(F)Cn1cncc1[C@H]1CCCN1. The van der Waals surface area contributed by atoms with Crippen molar-refractivity contribution in [2.45, 2.75) is 31.9 Å². The second kappa shape index (κ2) is 4.04. The summed E-state index contributed by atoms with van der Waals surface area (Å²) < 4.78 is 25.9. The van der Waals surface area contributed by atoms with E-state index in [0.717, 1.165) is 25.1 Å². The minimum atomic E-state index is -2.32. The van der Waals surface area contributed by atoms with Crippen molar-refractivity contribution in [3.05, 3.63) is 18.2 Å². The Balaban J connectivity index is 2.12. The van der Waals surface area contributed by atoms with Gasteiger partial charge in [-0.25, -0.2) is 13.8 Å². The number of nitrogens with zero attached hydrogens (tertiary/aromatic N) is 2. The Bertz CT molecular complexity index is 292. The molecule has 2 heterocycles. The van der Waals surface area contributed by atoms with E-state index >= 15 is 0 Å². The van der Waals surface area contributed by atoms with Crippen LogP contribution in [0.3, 0.4) is 0 Å². The van der Waals surface area contributed by atoms with Crippen molar-refractivity contribution in [3.8, 4) is 0 Å². The number of aromatic nitrogens is 2. The summed E-state index contributed by atoms with van der Waals surface area (Å²) in [5.74, 6) is 0. The first-order valence-electron chi connectivity index (χ1n) is 4.79. The fourth-order valence-electron chi connectivity index (χ4n) is 1.86. The molecule has 0 aromatic carbocycles. The van der Waals surface area contributed by atoms with Gasteiger partial charge >= 0.3 is 0 Å². The lowest BCUT2D eigenvalue weighted by molar-refractivity contribution is 0.125. The molecule has 0 amide bonds. The van der Waals surface area contributed by atoms with Gasteiger partial charge in [0.15, 0.2) is 0 Å². The van der Waals surface area contributed by atoms with Crippen molar-refractivity contribution in [1.82, 2.24) is 14.9 Å². The van der Waals surface area contributed by atoms with Gasteiger partial charge in [0.25, 0.3) is 6.43 Å². The second-order valence-corrected chi connectivity index (χ2v) is 3.51. The molecular formula is C9H13F2N3. The maximum absolute atomic E-state index is 12.2. The van der Waals surface area contributed by atoms with Crippen LogP contribution in [0.15, 0.2) is 12.5 Å². The van der Waals surface area contributed by atoms with Crippen LogP contribution in [0.5, 0.6) is 0 Å². The Morgan fingerprint density at radius 2 is 2.50 bits per heavy atom. The van der Waals surface area contributed by atoms with Gasteiger partial charge in [0.2, 0.25) is 0 Å². The van der Waals surface area contributed by atoms with Crippen molar-refractivity contribution in [2.75, 3.05) is 6.54 Å². The van der Waals surface area contributed by atoms with Crippen LogP contribution >= 0.6 is 0 Å². The van der Waals surface area contributed by atoms with E-state index in [1.54, 1.807) is 6.20 Å². The molecule has 0 radical (unpaired) electrons. The maximum atomic E-state index is 12.2. The third-order valence-corrected chi connectivity index (χ3v) is 2.50. The number of halogens is 2. The van der Waals surface area contributed by atoms with Gasteiger partial charge in [-0.1, -0.05) is 0 Å². The van der Waals surface area contributed by atoms with E-state index in [0.29, 0.717) is 0 Å². The number of hydrogen-bond acceptors (Lipinski definition) is 2. The lowest BCUT2D eigenvalue weighted by Gasteiger charge is -2.13. The number of hydrogen-bond donors (Lipinski definition) is 1. The Morgan fingerprint density at radius 1 is 1.64 bits per heavy atom. The molecule has 1 aliphatic heterocycles. The minimum Gasteiger partial charge on any atom is -0.327 e. The predicted octanol–water partition coefficient (Wildman–Crippen LogP) is 1.57. The normalized spacial score (nSPS) is 22.1. The molecule has 5 heteroatoms. The Kier molecular flexibility index (Phi) is 2.77. The zero-order valence-electron chi connectivity index (χ0n) is 7.79. The fraction of sp³-hybridized carbons (Fsp3) is 0.667. The van der Waals surface area contributed by atoms with E-state index in [1.807, 2.05) is 0 Å². The van der Waals surface area contributed by atoms with E-state index in [-0.39, 0.29) is 12.6 Å². The Labute approximate surface area is 81.1 Å². The van der Waals surface area contributed by atoms with Gasteiger partial charge in [0.05, 0.1) is 18.6 Å². The number of alkyl halides is 2. The first kappa shape index (κ1) is 9.58. The molecule has 1 atom stereocenters. The summed E-state index contributed by atoms with van der Waals surface area (Å²) >= 11 is 0. The van der Waals surface area contributed by atoms with Crippen molar-refractivity contribution in [2.24, 2.45) is 0 Å². The van der Waals surface area contributed by atoms with Crippen LogP contribution in [0.4, 0.5) is 8.78 Å². The molecule has 0 bridgehead atoms. The summed E-state index contributed by atoms with van der Waals surface area (Å²) in [5, 5.41) is 3.27. The van der Waals surface area contributed by atoms with Crippen LogP contribution < -0.4 is 5.32 Å². The van der Waals surface area contributed by atoms with Crippen LogP contribution in [0.1, 0.15) is 24.6 Å². The van der Waals surface area contributed by atoms with Gasteiger partial charge < -0.3 is 9.88 Å². The summed E-state index contributed by atoms with van der Waals surface area (Å²) in [6.07, 6.45) is 2.94. The topological polar surface area (TPSA) is 29.9 Å². The molecule has 78 valence electrons. The molecule has 0 saturated carbocycles. The molecule has 2 rings (SSSR count). The van der Waals surface area contributed by atoms with Crippen LogP contribution in [0, 0.1) is 0 Å². The molecule has 0 spiro atoms. The molecular weight excluding hydrogens is 188 g/mol. The zero-order chi connectivity index (χ0) is 9.97. The minimum absolute atomic E-state index is 0.205. The van der Waals surface area contributed by atoms with Crippen LogP contribution in [-0.4, -0.2) is 22.5 Å². The third-order valence-electron chi connectivity index (χ3n) is 2.50. The highest BCUT2D eigenvalue weighted by Crippen LogP contribution is 2.22. The Morgan fingerprint density at radius 3 is 3.14 bits per heavy atom. The summed E-state index contributed by atoms with van der Waals surface area (Å²) in [4.78, 5) is 3.91. The largest absolute Gasteiger partial charge is 0.327 e. The fourth-order valence-corrected chi connectivity index (χ4v) is 1.86. The van der Waals surface area contributed by atoms with E-state index in [9.17, 15) is 8.78 Å². The van der Waals surface area contributed by atoms with E-state index in [1.165, 1.54) is 10.9 Å². The summed E-state index contributed by atoms with van der Waals surface area (Å²) in [5.41, 5.74) is 0.878. The first-order valence-corrected chi connectivity index (χ1v) is 4.79. The molecule has 1 aromatic heterocycles. The van der Waals surface area contributed by atoms with Crippen LogP contribution in [0.25, 0.3) is 0 Å². The summed E-state index contributed by atoms with van der Waals surface area (Å²) in [6, 6.07) is 0.205. The number of nitrogens with one attached hydrogen (secondary N) is 1. The molecule has 0 unspecified atom stereocenters. The van der Waals surface area contributed by atoms with Gasteiger partial charge in [0, 0.05) is 12.2 Å². The Hall–Kier alpha value is -0.970. The highest BCUT2D eigenvalue weighted by atomic mass is 19.3. The molecule has 1 aliphatic rings. The lowest BCUT2D eigenvalue weighted by atomic mass is 10.2. The summed E-state index contributed by atoms with van der Waals surface area (Å²) in [6.45, 7) is 0.706. The van der Waals surface area contributed by atoms with Gasteiger partial charge in [-0.2, -0.15) is 0 Å². The molecule has 1 saturated heterocycles. The van der Waals surface area contributed by atoms with Gasteiger partial charge in [-0.3, -0.25) is 0 Å². The average molecular weight is 201 g/mol. The maximum Gasteiger partial charge on any atom is 0.256 e. The number of rotatable bonds is 3. The lowest BCUT2D eigenvalue weighted by Crippen LogP contribution is -2.18. The van der Waals surface area contributed by atoms with E-state index < -0.39 is 6.43 Å². The first-order chi connectivity index (χ1) is 6.77. The quantitative estimate of drug-likeness (QED) is 0.804. The van der Waals surface area contributed by atoms with Gasteiger partial charge in [-0.05, 0) is 19.4 Å². The van der Waals surface area contributed by atoms with Crippen molar-refractivity contribution >= 4 is 0 Å².